The Morgan fingerprint density at radius 2 is 1.62 bits per heavy atom. The molecular weight excluding hydrogens is 473 g/mol. The standard InChI is InChI=1S/C22H21Cl2N3O4S/c1-3-13-4-7-15(8-5-13)27-32(29,30)20-10-14(6-9-19(20)31-2)22(28)26-16-11-17(23)21(25)18(24)12-16/h4-12,27H,3,25H2,1-2H3,(H,26,28). The number of methoxy groups -OCH3 is 1. The average Bonchev–Trinajstić information content (AvgIpc) is 2.77. The van der Waals surface area contributed by atoms with E-state index >= 15 is 0 Å². The first-order valence-electron chi connectivity index (χ1n) is 9.50. The van der Waals surface area contributed by atoms with Gasteiger partial charge in [0.05, 0.1) is 22.8 Å². The molecule has 4 N–H and O–H groups in total. The number of benzene rings is 3. The minimum atomic E-state index is -4.04. The van der Waals surface area contributed by atoms with Crippen LogP contribution in [-0.2, 0) is 16.4 Å². The second kappa shape index (κ2) is 9.68. The highest BCUT2D eigenvalue weighted by Gasteiger charge is 2.22. The number of nitrogen functional groups attached to an aromatic ring is 1. The molecule has 0 radical (unpaired) electrons. The molecule has 0 saturated carbocycles. The topological polar surface area (TPSA) is 111 Å². The number of ether oxygens (including phenoxy) is 1. The van der Waals surface area contributed by atoms with Crippen molar-refractivity contribution in [3.63, 3.8) is 0 Å². The molecule has 0 heterocycles. The third kappa shape index (κ3) is 5.27. The lowest BCUT2D eigenvalue weighted by Gasteiger charge is -2.14. The molecule has 0 spiro atoms. The molecule has 10 heteroatoms. The molecule has 168 valence electrons. The van der Waals surface area contributed by atoms with Gasteiger partial charge in [-0.05, 0) is 54.4 Å². The molecule has 0 aliphatic rings. The molecule has 0 saturated heterocycles. The summed E-state index contributed by atoms with van der Waals surface area (Å²) in [6.07, 6.45) is 0.836. The lowest BCUT2D eigenvalue weighted by atomic mass is 10.2. The van der Waals surface area contributed by atoms with Gasteiger partial charge < -0.3 is 15.8 Å². The largest absolute Gasteiger partial charge is 0.495 e. The van der Waals surface area contributed by atoms with E-state index in [1.165, 1.54) is 37.4 Å². The zero-order valence-electron chi connectivity index (χ0n) is 17.3. The van der Waals surface area contributed by atoms with Crippen LogP contribution in [0.15, 0.2) is 59.5 Å². The lowest BCUT2D eigenvalue weighted by molar-refractivity contribution is 0.102. The summed E-state index contributed by atoms with van der Waals surface area (Å²) in [5, 5.41) is 2.99. The molecule has 0 aromatic heterocycles. The number of aryl methyl sites for hydroxylation is 1. The van der Waals surface area contributed by atoms with Gasteiger partial charge >= 0.3 is 0 Å². The van der Waals surface area contributed by atoms with E-state index in [-0.39, 0.29) is 31.9 Å². The Morgan fingerprint density at radius 3 is 2.19 bits per heavy atom. The van der Waals surface area contributed by atoms with Crippen molar-refractivity contribution in [1.82, 2.24) is 0 Å². The third-order valence-electron chi connectivity index (χ3n) is 4.67. The van der Waals surface area contributed by atoms with E-state index in [2.05, 4.69) is 10.0 Å². The Kier molecular flexibility index (Phi) is 7.18. The second-order valence-corrected chi connectivity index (χ2v) is 9.29. The maximum atomic E-state index is 13.0. The molecule has 0 aliphatic carbocycles. The molecule has 1 amide bonds. The maximum Gasteiger partial charge on any atom is 0.265 e. The predicted octanol–water partition coefficient (Wildman–Crippen LogP) is 5.20. The van der Waals surface area contributed by atoms with Crippen molar-refractivity contribution in [1.29, 1.82) is 0 Å². The Morgan fingerprint density at radius 1 is 1.00 bits per heavy atom. The van der Waals surface area contributed by atoms with E-state index < -0.39 is 15.9 Å². The van der Waals surface area contributed by atoms with Crippen LogP contribution in [-0.4, -0.2) is 21.4 Å². The molecular formula is C22H21Cl2N3O4S. The molecule has 32 heavy (non-hydrogen) atoms. The summed E-state index contributed by atoms with van der Waals surface area (Å²) in [6, 6.07) is 14.0. The number of nitrogens with one attached hydrogen (secondary N) is 2. The van der Waals surface area contributed by atoms with Crippen molar-refractivity contribution >= 4 is 56.2 Å². The Labute approximate surface area is 196 Å². The summed E-state index contributed by atoms with van der Waals surface area (Å²) in [5.41, 5.74) is 7.78. The molecule has 0 aliphatic heterocycles. The zero-order chi connectivity index (χ0) is 23.5. The minimum absolute atomic E-state index is 0.0941. The average molecular weight is 494 g/mol. The quantitative estimate of drug-likeness (QED) is 0.391. The van der Waals surface area contributed by atoms with Crippen molar-refractivity contribution in [2.45, 2.75) is 18.2 Å². The highest BCUT2D eigenvalue weighted by molar-refractivity contribution is 7.92. The Hall–Kier alpha value is -2.94. The van der Waals surface area contributed by atoms with E-state index in [4.69, 9.17) is 33.7 Å². The van der Waals surface area contributed by atoms with Gasteiger partial charge in [-0.1, -0.05) is 42.3 Å². The van der Waals surface area contributed by atoms with E-state index in [1.54, 1.807) is 12.1 Å². The van der Waals surface area contributed by atoms with Crippen molar-refractivity contribution in [2.24, 2.45) is 0 Å². The van der Waals surface area contributed by atoms with Crippen molar-refractivity contribution in [3.05, 3.63) is 75.8 Å². The lowest BCUT2D eigenvalue weighted by Crippen LogP contribution is -2.17. The number of halogens is 2. The first kappa shape index (κ1) is 23.7. The number of amides is 1. The van der Waals surface area contributed by atoms with Crippen LogP contribution in [0.3, 0.4) is 0 Å². The minimum Gasteiger partial charge on any atom is -0.495 e. The molecule has 0 atom stereocenters. The fourth-order valence-electron chi connectivity index (χ4n) is 2.91. The molecule has 7 nitrogen and oxygen atoms in total. The smallest absolute Gasteiger partial charge is 0.265 e. The highest BCUT2D eigenvalue weighted by Crippen LogP contribution is 2.32. The van der Waals surface area contributed by atoms with Crippen LogP contribution in [0, 0.1) is 0 Å². The van der Waals surface area contributed by atoms with Gasteiger partial charge in [-0.15, -0.1) is 0 Å². The fraction of sp³-hybridized carbons (Fsp3) is 0.136. The fourth-order valence-corrected chi connectivity index (χ4v) is 4.65. The van der Waals surface area contributed by atoms with Gasteiger partial charge in [0.2, 0.25) is 0 Å². The van der Waals surface area contributed by atoms with Gasteiger partial charge in [-0.3, -0.25) is 9.52 Å². The third-order valence-corrected chi connectivity index (χ3v) is 6.69. The maximum absolute atomic E-state index is 13.0. The van der Waals surface area contributed by atoms with E-state index in [0.29, 0.717) is 11.4 Å². The number of hydrogen-bond acceptors (Lipinski definition) is 5. The summed E-state index contributed by atoms with van der Waals surface area (Å²) in [5.74, 6) is -0.467. The number of carbonyl (C=O) groups excluding carboxylic acids is 1. The van der Waals surface area contributed by atoms with Crippen LogP contribution in [0.4, 0.5) is 17.1 Å². The molecule has 3 aromatic rings. The number of hydrogen-bond donors (Lipinski definition) is 3. The number of rotatable bonds is 7. The molecule has 0 bridgehead atoms. The van der Waals surface area contributed by atoms with Crippen LogP contribution in [0.5, 0.6) is 5.75 Å². The normalized spacial score (nSPS) is 11.1. The molecule has 0 unspecified atom stereocenters. The first-order valence-corrected chi connectivity index (χ1v) is 11.7. The SMILES string of the molecule is CCc1ccc(NS(=O)(=O)c2cc(C(=O)Nc3cc(Cl)c(N)c(Cl)c3)ccc2OC)cc1. The van der Waals surface area contributed by atoms with Gasteiger partial charge in [0.1, 0.15) is 10.6 Å². The summed E-state index contributed by atoms with van der Waals surface area (Å²) < 4.78 is 33.8. The number of nitrogens with two attached hydrogens (primary N) is 1. The number of anilines is 3. The van der Waals surface area contributed by atoms with E-state index in [0.717, 1.165) is 12.0 Å². The van der Waals surface area contributed by atoms with Crippen LogP contribution < -0.4 is 20.5 Å². The first-order chi connectivity index (χ1) is 15.1. The summed E-state index contributed by atoms with van der Waals surface area (Å²) in [7, 11) is -2.69. The van der Waals surface area contributed by atoms with E-state index in [9.17, 15) is 13.2 Å². The Balaban J connectivity index is 1.91. The molecule has 3 aromatic carbocycles. The Bertz CT molecular complexity index is 1240. The zero-order valence-corrected chi connectivity index (χ0v) is 19.6. The van der Waals surface area contributed by atoms with Gasteiger partial charge in [-0.2, -0.15) is 0 Å². The summed E-state index contributed by atoms with van der Waals surface area (Å²) in [4.78, 5) is 12.6. The van der Waals surface area contributed by atoms with Gasteiger partial charge in [0, 0.05) is 16.9 Å². The number of carbonyl (C=O) groups is 1. The van der Waals surface area contributed by atoms with Crippen molar-refractivity contribution in [2.75, 3.05) is 22.9 Å². The highest BCUT2D eigenvalue weighted by atomic mass is 35.5. The van der Waals surface area contributed by atoms with Crippen LogP contribution in [0.1, 0.15) is 22.8 Å². The summed E-state index contributed by atoms with van der Waals surface area (Å²) in [6.45, 7) is 2.01. The van der Waals surface area contributed by atoms with Crippen LogP contribution >= 0.6 is 23.2 Å². The monoisotopic (exact) mass is 493 g/mol. The van der Waals surface area contributed by atoms with Crippen molar-refractivity contribution < 1.29 is 17.9 Å². The van der Waals surface area contributed by atoms with Crippen LogP contribution in [0.25, 0.3) is 0 Å². The van der Waals surface area contributed by atoms with Gasteiger partial charge in [0.15, 0.2) is 0 Å². The van der Waals surface area contributed by atoms with E-state index in [1.807, 2.05) is 19.1 Å². The number of sulfonamides is 1. The van der Waals surface area contributed by atoms with Gasteiger partial charge in [-0.25, -0.2) is 8.42 Å². The van der Waals surface area contributed by atoms with Crippen molar-refractivity contribution in [3.8, 4) is 5.75 Å². The summed E-state index contributed by atoms with van der Waals surface area (Å²) >= 11 is 12.0. The molecule has 3 rings (SSSR count). The van der Waals surface area contributed by atoms with Crippen LogP contribution in [0.2, 0.25) is 10.0 Å². The second-order valence-electron chi connectivity index (χ2n) is 6.83. The molecule has 0 fully saturated rings. The van der Waals surface area contributed by atoms with Gasteiger partial charge in [0.25, 0.3) is 15.9 Å². The predicted molar refractivity (Wildman–Crippen MR) is 128 cm³/mol.